The topological polar surface area (TPSA) is 126 Å². The summed E-state index contributed by atoms with van der Waals surface area (Å²) in [5.74, 6) is -1.72. The molecule has 0 radical (unpaired) electrons. The molecule has 0 saturated carbocycles. The Morgan fingerprint density at radius 1 is 1.00 bits per heavy atom. The van der Waals surface area contributed by atoms with Crippen molar-refractivity contribution in [1.82, 2.24) is 0 Å². The van der Waals surface area contributed by atoms with Crippen molar-refractivity contribution < 1.29 is 28.4 Å². The number of nitro groups is 1. The third-order valence-electron chi connectivity index (χ3n) is 4.59. The molecule has 0 aliphatic rings. The summed E-state index contributed by atoms with van der Waals surface area (Å²) in [7, 11) is 1.12. The Kier molecular flexibility index (Phi) is 5.63. The Morgan fingerprint density at radius 3 is 2.27 bits per heavy atom. The van der Waals surface area contributed by atoms with E-state index in [-0.39, 0.29) is 17.7 Å². The molecule has 0 aliphatic heterocycles. The van der Waals surface area contributed by atoms with Gasteiger partial charge in [-0.3, -0.25) is 10.1 Å². The first-order chi connectivity index (χ1) is 14.2. The maximum absolute atomic E-state index is 12.5. The van der Waals surface area contributed by atoms with Crippen molar-refractivity contribution in [3.05, 3.63) is 84.7 Å². The summed E-state index contributed by atoms with van der Waals surface area (Å²) >= 11 is 0. The van der Waals surface area contributed by atoms with Gasteiger partial charge in [0.05, 0.1) is 23.2 Å². The van der Waals surface area contributed by atoms with Crippen LogP contribution in [0, 0.1) is 24.0 Å². The largest absolute Gasteiger partial charge is 0.465 e. The molecule has 154 valence electrons. The molecule has 0 amide bonds. The van der Waals surface area contributed by atoms with Gasteiger partial charge in [-0.1, -0.05) is 0 Å². The van der Waals surface area contributed by atoms with Gasteiger partial charge >= 0.3 is 17.6 Å². The Labute approximate surface area is 170 Å². The molecule has 0 aliphatic carbocycles. The highest BCUT2D eigenvalue weighted by molar-refractivity contribution is 5.96. The number of carbonyl (C=O) groups excluding carboxylic acids is 2. The number of benzene rings is 2. The predicted octanol–water partition coefficient (Wildman–Crippen LogP) is 3.46. The van der Waals surface area contributed by atoms with Gasteiger partial charge in [-0.15, -0.1) is 0 Å². The SMILES string of the molecule is COC(=O)c1cc(C(=O)OCc2cc(=O)oc3cc(C)c(C)cc23)cc([N+](=O)[O-])c1. The van der Waals surface area contributed by atoms with E-state index in [1.165, 1.54) is 6.07 Å². The van der Waals surface area contributed by atoms with E-state index in [2.05, 4.69) is 4.74 Å². The Balaban J connectivity index is 1.93. The highest BCUT2D eigenvalue weighted by Gasteiger charge is 2.20. The molecule has 1 aromatic heterocycles. The summed E-state index contributed by atoms with van der Waals surface area (Å²) in [6.07, 6.45) is 0. The second kappa shape index (κ2) is 8.16. The van der Waals surface area contributed by atoms with E-state index in [0.29, 0.717) is 16.5 Å². The molecule has 9 heteroatoms. The van der Waals surface area contributed by atoms with Gasteiger partial charge in [-0.05, 0) is 43.2 Å². The first-order valence-electron chi connectivity index (χ1n) is 8.78. The maximum Gasteiger partial charge on any atom is 0.338 e. The number of ether oxygens (including phenoxy) is 2. The number of non-ortho nitro benzene ring substituents is 1. The van der Waals surface area contributed by atoms with E-state index in [0.717, 1.165) is 36.4 Å². The van der Waals surface area contributed by atoms with E-state index in [1.54, 1.807) is 6.07 Å². The van der Waals surface area contributed by atoms with Crippen molar-refractivity contribution in [3.8, 4) is 0 Å². The van der Waals surface area contributed by atoms with Crippen molar-refractivity contribution in [3.63, 3.8) is 0 Å². The molecular weight excluding hydrogens is 394 g/mol. The minimum absolute atomic E-state index is 0.157. The molecule has 0 unspecified atom stereocenters. The smallest absolute Gasteiger partial charge is 0.338 e. The lowest BCUT2D eigenvalue weighted by atomic mass is 10.0. The summed E-state index contributed by atoms with van der Waals surface area (Å²) in [4.78, 5) is 46.5. The van der Waals surface area contributed by atoms with Gasteiger partial charge < -0.3 is 13.9 Å². The van der Waals surface area contributed by atoms with Crippen LogP contribution in [0.5, 0.6) is 0 Å². The Hall–Kier alpha value is -4.01. The van der Waals surface area contributed by atoms with Crippen LogP contribution in [0.3, 0.4) is 0 Å². The third kappa shape index (κ3) is 4.19. The van der Waals surface area contributed by atoms with Gasteiger partial charge in [0, 0.05) is 29.1 Å². The number of fused-ring (bicyclic) bond motifs is 1. The molecule has 30 heavy (non-hydrogen) atoms. The van der Waals surface area contributed by atoms with Gasteiger partial charge in [0.2, 0.25) is 0 Å². The number of aryl methyl sites for hydroxylation is 2. The zero-order valence-electron chi connectivity index (χ0n) is 16.4. The number of nitro benzene ring substituents is 1. The fourth-order valence-electron chi connectivity index (χ4n) is 2.90. The van der Waals surface area contributed by atoms with Crippen LogP contribution >= 0.6 is 0 Å². The van der Waals surface area contributed by atoms with Crippen LogP contribution in [-0.4, -0.2) is 24.0 Å². The molecule has 3 aromatic rings. The minimum atomic E-state index is -0.894. The second-order valence-corrected chi connectivity index (χ2v) is 6.62. The first-order valence-corrected chi connectivity index (χ1v) is 8.78. The zero-order chi connectivity index (χ0) is 22.0. The maximum atomic E-state index is 12.5. The quantitative estimate of drug-likeness (QED) is 0.270. The zero-order valence-corrected chi connectivity index (χ0v) is 16.4. The molecule has 9 nitrogen and oxygen atoms in total. The van der Waals surface area contributed by atoms with Crippen molar-refractivity contribution in [1.29, 1.82) is 0 Å². The number of esters is 2. The van der Waals surface area contributed by atoms with Crippen LogP contribution in [0.15, 0.2) is 45.6 Å². The highest BCUT2D eigenvalue weighted by Crippen LogP contribution is 2.23. The van der Waals surface area contributed by atoms with Crippen LogP contribution < -0.4 is 5.63 Å². The van der Waals surface area contributed by atoms with Gasteiger partial charge in [-0.2, -0.15) is 0 Å². The number of rotatable bonds is 5. The molecule has 1 heterocycles. The second-order valence-electron chi connectivity index (χ2n) is 6.62. The van der Waals surface area contributed by atoms with Crippen LogP contribution in [0.25, 0.3) is 11.0 Å². The number of hydrogen-bond acceptors (Lipinski definition) is 8. The molecule has 0 bridgehead atoms. The van der Waals surface area contributed by atoms with Crippen molar-refractivity contribution in [2.75, 3.05) is 7.11 Å². The average molecular weight is 411 g/mol. The summed E-state index contributed by atoms with van der Waals surface area (Å²) in [6.45, 7) is 3.51. The summed E-state index contributed by atoms with van der Waals surface area (Å²) in [5, 5.41) is 11.7. The molecular formula is C21H17NO8. The van der Waals surface area contributed by atoms with Gasteiger partial charge in [0.15, 0.2) is 0 Å². The van der Waals surface area contributed by atoms with Gasteiger partial charge in [-0.25, -0.2) is 14.4 Å². The fourth-order valence-corrected chi connectivity index (χ4v) is 2.90. The molecule has 0 fully saturated rings. The van der Waals surface area contributed by atoms with Gasteiger partial charge in [0.25, 0.3) is 5.69 Å². The van der Waals surface area contributed by atoms with Crippen LogP contribution in [0.4, 0.5) is 5.69 Å². The van der Waals surface area contributed by atoms with Crippen molar-refractivity contribution >= 4 is 28.6 Å². The summed E-state index contributed by atoms with van der Waals surface area (Å²) in [6, 6.07) is 7.91. The monoisotopic (exact) mass is 411 g/mol. The van der Waals surface area contributed by atoms with Crippen LogP contribution in [0.2, 0.25) is 0 Å². The minimum Gasteiger partial charge on any atom is -0.465 e. The normalized spacial score (nSPS) is 10.6. The average Bonchev–Trinajstić information content (AvgIpc) is 2.71. The Morgan fingerprint density at radius 2 is 1.63 bits per heavy atom. The standard InChI is InChI=1S/C21H17NO8/c1-11-4-17-15(9-19(23)30-18(17)5-12(11)2)10-29-21(25)14-6-13(20(24)28-3)7-16(8-14)22(26)27/h4-9H,10H2,1-3H3. The molecule has 2 aromatic carbocycles. The van der Waals surface area contributed by atoms with Gasteiger partial charge in [0.1, 0.15) is 12.2 Å². The number of hydrogen-bond donors (Lipinski definition) is 0. The van der Waals surface area contributed by atoms with Crippen LogP contribution in [0.1, 0.15) is 37.4 Å². The van der Waals surface area contributed by atoms with E-state index in [4.69, 9.17) is 9.15 Å². The highest BCUT2D eigenvalue weighted by atomic mass is 16.6. The third-order valence-corrected chi connectivity index (χ3v) is 4.59. The number of methoxy groups -OCH3 is 1. The molecule has 0 atom stereocenters. The lowest BCUT2D eigenvalue weighted by Gasteiger charge is -2.10. The van der Waals surface area contributed by atoms with Crippen molar-refractivity contribution in [2.45, 2.75) is 20.5 Å². The molecule has 3 rings (SSSR count). The lowest BCUT2D eigenvalue weighted by Crippen LogP contribution is -2.10. The fraction of sp³-hybridized carbons (Fsp3) is 0.190. The van der Waals surface area contributed by atoms with Crippen LogP contribution in [-0.2, 0) is 16.1 Å². The molecule has 0 saturated heterocycles. The first kappa shape index (κ1) is 20.7. The van der Waals surface area contributed by atoms with E-state index < -0.39 is 28.2 Å². The number of nitrogens with zero attached hydrogens (tertiary/aromatic N) is 1. The van der Waals surface area contributed by atoms with E-state index in [1.807, 2.05) is 19.9 Å². The van der Waals surface area contributed by atoms with E-state index in [9.17, 15) is 24.5 Å². The lowest BCUT2D eigenvalue weighted by molar-refractivity contribution is -0.384. The predicted molar refractivity (Wildman–Crippen MR) is 106 cm³/mol. The summed E-state index contributed by atoms with van der Waals surface area (Å²) in [5.41, 5.74) is 1.29. The molecule has 0 N–H and O–H groups in total. The van der Waals surface area contributed by atoms with E-state index >= 15 is 0 Å². The summed E-state index contributed by atoms with van der Waals surface area (Å²) < 4.78 is 15.0. The number of carbonyl (C=O) groups is 2. The van der Waals surface area contributed by atoms with Crippen molar-refractivity contribution in [2.24, 2.45) is 0 Å². The Bertz CT molecular complexity index is 1240. The molecule has 0 spiro atoms.